The minimum absolute atomic E-state index is 0.0805. The van der Waals surface area contributed by atoms with Crippen LogP contribution in [0.15, 0.2) is 47.6 Å². The van der Waals surface area contributed by atoms with E-state index < -0.39 is 11.7 Å². The number of hydrogen-bond acceptors (Lipinski definition) is 2. The van der Waals surface area contributed by atoms with Gasteiger partial charge in [0.15, 0.2) is 5.11 Å². The van der Waals surface area contributed by atoms with Gasteiger partial charge in [-0.2, -0.15) is 18.3 Å². The molecule has 0 unspecified atom stereocenters. The molecule has 0 saturated heterocycles. The second-order valence-electron chi connectivity index (χ2n) is 4.54. The average Bonchev–Trinajstić information content (AvgIpc) is 2.50. The fraction of sp³-hybridized carbons (Fsp3) is 0.0667. The van der Waals surface area contributed by atoms with Crippen LogP contribution in [0, 0.1) is 0 Å². The van der Waals surface area contributed by atoms with E-state index in [2.05, 4.69) is 15.8 Å². The van der Waals surface area contributed by atoms with Crippen molar-refractivity contribution in [2.75, 3.05) is 5.32 Å². The van der Waals surface area contributed by atoms with Gasteiger partial charge in [-0.3, -0.25) is 5.43 Å². The van der Waals surface area contributed by atoms with E-state index in [1.807, 2.05) is 0 Å². The Morgan fingerprint density at radius 1 is 1.08 bits per heavy atom. The minimum Gasteiger partial charge on any atom is -0.331 e. The minimum atomic E-state index is -4.48. The Morgan fingerprint density at radius 2 is 1.79 bits per heavy atom. The molecule has 0 bridgehead atoms. The number of nitrogens with one attached hydrogen (secondary N) is 2. The molecule has 0 aliphatic carbocycles. The van der Waals surface area contributed by atoms with Crippen LogP contribution in [-0.2, 0) is 6.18 Å². The van der Waals surface area contributed by atoms with E-state index in [0.29, 0.717) is 15.6 Å². The van der Waals surface area contributed by atoms with E-state index in [1.165, 1.54) is 24.4 Å². The molecule has 0 fully saturated rings. The third kappa shape index (κ3) is 5.09. The molecule has 0 heterocycles. The highest BCUT2D eigenvalue weighted by molar-refractivity contribution is 7.80. The van der Waals surface area contributed by atoms with Crippen LogP contribution < -0.4 is 10.7 Å². The van der Waals surface area contributed by atoms with Gasteiger partial charge in [0.05, 0.1) is 27.5 Å². The van der Waals surface area contributed by atoms with Gasteiger partial charge in [0.25, 0.3) is 0 Å². The number of anilines is 1. The number of nitrogens with zero attached hydrogens (tertiary/aromatic N) is 1. The second-order valence-corrected chi connectivity index (χ2v) is 5.76. The monoisotopic (exact) mass is 391 g/mol. The van der Waals surface area contributed by atoms with Gasteiger partial charge in [-0.25, -0.2) is 0 Å². The number of hydrazone groups is 1. The first-order valence-corrected chi connectivity index (χ1v) is 7.65. The van der Waals surface area contributed by atoms with Gasteiger partial charge in [0, 0.05) is 0 Å². The molecule has 0 radical (unpaired) electrons. The Labute approximate surface area is 151 Å². The van der Waals surface area contributed by atoms with Crippen LogP contribution in [0.4, 0.5) is 18.9 Å². The zero-order valence-corrected chi connectivity index (χ0v) is 14.2. The van der Waals surface area contributed by atoms with Crippen LogP contribution in [0.5, 0.6) is 0 Å². The lowest BCUT2D eigenvalue weighted by molar-refractivity contribution is -0.136. The third-order valence-electron chi connectivity index (χ3n) is 2.80. The maximum atomic E-state index is 12.9. The quantitative estimate of drug-likeness (QED) is 0.421. The molecule has 2 aromatic carbocycles. The molecule has 0 atom stereocenters. The highest BCUT2D eigenvalue weighted by Gasteiger charge is 2.33. The second kappa shape index (κ2) is 7.83. The van der Waals surface area contributed by atoms with Crippen LogP contribution in [-0.4, -0.2) is 11.3 Å². The molecule has 126 valence electrons. The molecule has 24 heavy (non-hydrogen) atoms. The van der Waals surface area contributed by atoms with Crippen molar-refractivity contribution in [1.82, 2.24) is 5.43 Å². The Hall–Kier alpha value is -1.83. The van der Waals surface area contributed by atoms with E-state index >= 15 is 0 Å². The summed E-state index contributed by atoms with van der Waals surface area (Å²) in [4.78, 5) is 0. The molecule has 0 saturated carbocycles. The summed E-state index contributed by atoms with van der Waals surface area (Å²) in [7, 11) is 0. The molecular weight excluding hydrogens is 382 g/mol. The molecule has 0 aliphatic heterocycles. The van der Waals surface area contributed by atoms with Gasteiger partial charge in [-0.1, -0.05) is 41.4 Å². The topological polar surface area (TPSA) is 36.4 Å². The molecule has 0 amide bonds. The largest absolute Gasteiger partial charge is 0.418 e. The Balaban J connectivity index is 2.01. The molecule has 0 spiro atoms. The molecule has 2 N–H and O–H groups in total. The third-order valence-corrected chi connectivity index (χ3v) is 3.74. The van der Waals surface area contributed by atoms with Crippen LogP contribution in [0.1, 0.15) is 11.1 Å². The van der Waals surface area contributed by atoms with Gasteiger partial charge in [0.1, 0.15) is 0 Å². The number of benzene rings is 2. The van der Waals surface area contributed by atoms with E-state index in [1.54, 1.807) is 18.2 Å². The zero-order valence-electron chi connectivity index (χ0n) is 11.9. The summed E-state index contributed by atoms with van der Waals surface area (Å²) in [6, 6.07) is 9.87. The number of rotatable bonds is 3. The van der Waals surface area contributed by atoms with Gasteiger partial charge >= 0.3 is 6.18 Å². The SMILES string of the molecule is FC(F)(F)c1ccccc1NC(=S)N/N=C\c1ccc(Cl)c(Cl)c1. The fourth-order valence-electron chi connectivity index (χ4n) is 1.75. The van der Waals surface area contributed by atoms with Crippen molar-refractivity contribution in [1.29, 1.82) is 0 Å². The zero-order chi connectivity index (χ0) is 17.7. The van der Waals surface area contributed by atoms with Gasteiger partial charge in [-0.05, 0) is 42.0 Å². The van der Waals surface area contributed by atoms with Crippen molar-refractivity contribution in [3.8, 4) is 0 Å². The Bertz CT molecular complexity index is 779. The van der Waals surface area contributed by atoms with Gasteiger partial charge in [0.2, 0.25) is 0 Å². The normalized spacial score (nSPS) is 11.5. The molecule has 0 aromatic heterocycles. The summed E-state index contributed by atoms with van der Waals surface area (Å²) >= 11 is 16.6. The van der Waals surface area contributed by atoms with E-state index in [4.69, 9.17) is 35.4 Å². The number of halogens is 5. The van der Waals surface area contributed by atoms with Crippen molar-refractivity contribution in [3.63, 3.8) is 0 Å². The summed E-state index contributed by atoms with van der Waals surface area (Å²) in [5.41, 5.74) is 2.11. The summed E-state index contributed by atoms with van der Waals surface area (Å²) in [6.45, 7) is 0. The predicted molar refractivity (Wildman–Crippen MR) is 94.9 cm³/mol. The maximum absolute atomic E-state index is 12.9. The summed E-state index contributed by atoms with van der Waals surface area (Å²) in [5, 5.41) is 6.99. The molecule has 3 nitrogen and oxygen atoms in total. The van der Waals surface area contributed by atoms with Crippen LogP contribution >= 0.6 is 35.4 Å². The summed E-state index contributed by atoms with van der Waals surface area (Å²) in [6.07, 6.45) is -3.08. The lowest BCUT2D eigenvalue weighted by Gasteiger charge is -2.14. The average molecular weight is 392 g/mol. The number of para-hydroxylation sites is 1. The lowest BCUT2D eigenvalue weighted by Crippen LogP contribution is -2.25. The number of hydrogen-bond donors (Lipinski definition) is 2. The number of alkyl halides is 3. The van der Waals surface area contributed by atoms with Crippen molar-refractivity contribution in [3.05, 3.63) is 63.6 Å². The molecule has 9 heteroatoms. The fourth-order valence-corrected chi connectivity index (χ4v) is 2.22. The lowest BCUT2D eigenvalue weighted by atomic mass is 10.2. The van der Waals surface area contributed by atoms with Crippen LogP contribution in [0.2, 0.25) is 10.0 Å². The smallest absolute Gasteiger partial charge is 0.331 e. The van der Waals surface area contributed by atoms with Crippen molar-refractivity contribution in [2.45, 2.75) is 6.18 Å². The highest BCUT2D eigenvalue weighted by atomic mass is 35.5. The standard InChI is InChI=1S/C15H10Cl2F3N3S/c16-11-6-5-9(7-12(11)17)8-21-23-14(24)22-13-4-2-1-3-10(13)15(18,19)20/h1-8H,(H2,22,23,24)/b21-8-. The van der Waals surface area contributed by atoms with Gasteiger partial charge in [-0.15, -0.1) is 0 Å². The van der Waals surface area contributed by atoms with Crippen LogP contribution in [0.3, 0.4) is 0 Å². The highest BCUT2D eigenvalue weighted by Crippen LogP contribution is 2.34. The Kier molecular flexibility index (Phi) is 6.04. The molecule has 0 aliphatic rings. The summed E-state index contributed by atoms with van der Waals surface area (Å²) < 4.78 is 38.7. The van der Waals surface area contributed by atoms with Gasteiger partial charge < -0.3 is 5.32 Å². The van der Waals surface area contributed by atoms with Crippen molar-refractivity contribution < 1.29 is 13.2 Å². The van der Waals surface area contributed by atoms with E-state index in [9.17, 15) is 13.2 Å². The first-order valence-electron chi connectivity index (χ1n) is 6.48. The molecule has 2 rings (SSSR count). The first kappa shape index (κ1) is 18.5. The Morgan fingerprint density at radius 3 is 2.46 bits per heavy atom. The summed E-state index contributed by atoms with van der Waals surface area (Å²) in [5.74, 6) is 0. The van der Waals surface area contributed by atoms with E-state index in [0.717, 1.165) is 6.07 Å². The van der Waals surface area contributed by atoms with Crippen molar-refractivity contribution >= 4 is 52.4 Å². The predicted octanol–water partition coefficient (Wildman–Crippen LogP) is 5.33. The molecule has 2 aromatic rings. The maximum Gasteiger partial charge on any atom is 0.418 e. The first-order chi connectivity index (χ1) is 11.3. The van der Waals surface area contributed by atoms with E-state index in [-0.39, 0.29) is 10.8 Å². The van der Waals surface area contributed by atoms with Crippen LogP contribution in [0.25, 0.3) is 0 Å². The molecular formula is C15H10Cl2F3N3S. The van der Waals surface area contributed by atoms with Crippen molar-refractivity contribution in [2.24, 2.45) is 5.10 Å². The number of thiocarbonyl (C=S) groups is 1.